The molecule has 0 saturated heterocycles. The Morgan fingerprint density at radius 2 is 1.96 bits per heavy atom. The smallest absolute Gasteiger partial charge is 0.336 e. The van der Waals surface area contributed by atoms with Crippen molar-refractivity contribution >= 4 is 22.8 Å². The molecule has 1 atom stereocenters. The number of rotatable bonds is 8. The molecule has 1 aromatic heterocycles. The first-order valence-corrected chi connectivity index (χ1v) is 8.93. The quantitative estimate of drug-likeness (QED) is 0.698. The van der Waals surface area contributed by atoms with Crippen molar-refractivity contribution in [1.29, 1.82) is 0 Å². The van der Waals surface area contributed by atoms with Gasteiger partial charge in [-0.3, -0.25) is 4.79 Å². The molecule has 0 fully saturated rings. The van der Waals surface area contributed by atoms with Crippen molar-refractivity contribution in [2.45, 2.75) is 46.6 Å². The molecule has 7 nitrogen and oxygen atoms in total. The number of carbonyl (C=O) groups excluding carboxylic acids is 2. The Morgan fingerprint density at radius 1 is 1.26 bits per heavy atom. The van der Waals surface area contributed by atoms with Gasteiger partial charge in [-0.25, -0.2) is 4.79 Å². The van der Waals surface area contributed by atoms with E-state index in [9.17, 15) is 19.5 Å². The summed E-state index contributed by atoms with van der Waals surface area (Å²) in [5.74, 6) is -1.81. The van der Waals surface area contributed by atoms with Gasteiger partial charge in [0.2, 0.25) is 0 Å². The average Bonchev–Trinajstić information content (AvgIpc) is 2.56. The predicted molar refractivity (Wildman–Crippen MR) is 98.5 cm³/mol. The van der Waals surface area contributed by atoms with Crippen molar-refractivity contribution < 1.29 is 23.8 Å². The van der Waals surface area contributed by atoms with Crippen LogP contribution in [0.3, 0.4) is 0 Å². The molecule has 27 heavy (non-hydrogen) atoms. The largest absolute Gasteiger partial charge is 0.548 e. The summed E-state index contributed by atoms with van der Waals surface area (Å²) in [5, 5.41) is 14.2. The lowest BCUT2D eigenvalue weighted by atomic mass is 10.0. The fraction of sp³-hybridized carbons (Fsp3) is 0.450. The number of carboxylic acids is 1. The molecular weight excluding hydrogens is 350 g/mol. The number of ether oxygens (including phenoxy) is 1. The third kappa shape index (κ3) is 5.09. The van der Waals surface area contributed by atoms with Crippen LogP contribution in [0.4, 0.5) is 0 Å². The minimum atomic E-state index is -1.34. The number of fused-ring (bicyclic) bond motifs is 1. The first-order valence-electron chi connectivity index (χ1n) is 8.93. The fourth-order valence-electron chi connectivity index (χ4n) is 2.91. The van der Waals surface area contributed by atoms with Crippen LogP contribution in [0.1, 0.15) is 38.3 Å². The van der Waals surface area contributed by atoms with E-state index < -0.39 is 23.5 Å². The van der Waals surface area contributed by atoms with E-state index in [1.807, 2.05) is 13.8 Å². The van der Waals surface area contributed by atoms with E-state index in [-0.39, 0.29) is 12.5 Å². The van der Waals surface area contributed by atoms with Gasteiger partial charge >= 0.3 is 5.63 Å². The van der Waals surface area contributed by atoms with E-state index in [2.05, 4.69) is 5.32 Å². The van der Waals surface area contributed by atoms with E-state index in [0.29, 0.717) is 23.1 Å². The minimum Gasteiger partial charge on any atom is -0.548 e. The summed E-state index contributed by atoms with van der Waals surface area (Å²) >= 11 is 0. The van der Waals surface area contributed by atoms with Gasteiger partial charge in [0.05, 0.1) is 17.4 Å². The van der Waals surface area contributed by atoms with Crippen LogP contribution in [-0.2, 0) is 16.0 Å². The van der Waals surface area contributed by atoms with E-state index in [4.69, 9.17) is 9.15 Å². The molecule has 0 aliphatic carbocycles. The Hall–Kier alpha value is -2.83. The number of nitrogens with one attached hydrogen (secondary N) is 1. The summed E-state index contributed by atoms with van der Waals surface area (Å²) in [6.07, 6.45) is 1.49. The van der Waals surface area contributed by atoms with Crippen molar-refractivity contribution in [2.24, 2.45) is 5.92 Å². The number of hydrogen-bond donors (Lipinski definition) is 1. The Bertz CT molecular complexity index is 899. The van der Waals surface area contributed by atoms with Crippen LogP contribution >= 0.6 is 0 Å². The number of aliphatic carboxylic acids is 1. The van der Waals surface area contributed by atoms with Gasteiger partial charge in [0, 0.05) is 6.07 Å². The summed E-state index contributed by atoms with van der Waals surface area (Å²) in [6.45, 7) is 6.81. The lowest BCUT2D eigenvalue weighted by Gasteiger charge is -2.23. The molecule has 0 unspecified atom stereocenters. The third-order valence-corrected chi connectivity index (χ3v) is 4.15. The highest BCUT2D eigenvalue weighted by atomic mass is 16.5. The highest BCUT2D eigenvalue weighted by Crippen LogP contribution is 2.30. The van der Waals surface area contributed by atoms with Crippen LogP contribution in [0.2, 0.25) is 0 Å². The molecule has 0 aliphatic rings. The Labute approximate surface area is 157 Å². The number of carbonyl (C=O) groups is 2. The normalized spacial score (nSPS) is 12.2. The number of benzene rings is 1. The topological polar surface area (TPSA) is 109 Å². The molecule has 2 rings (SSSR count). The Kier molecular flexibility index (Phi) is 6.60. The van der Waals surface area contributed by atoms with Gasteiger partial charge in [-0.05, 0) is 42.5 Å². The molecule has 146 valence electrons. The number of hydrogen-bond acceptors (Lipinski definition) is 6. The molecule has 0 radical (unpaired) electrons. The molecule has 1 N–H and O–H groups in total. The van der Waals surface area contributed by atoms with Gasteiger partial charge in [0.15, 0.2) is 6.61 Å². The molecule has 1 aromatic carbocycles. The molecule has 0 spiro atoms. The SMILES string of the molecule is CCCc1cc(=O)oc2cc(C)cc(OCC(=O)N[C@H](C(=O)[O-])C(C)C)c12. The predicted octanol–water partition coefficient (Wildman–Crippen LogP) is 1.32. The zero-order chi connectivity index (χ0) is 20.1. The molecule has 0 bridgehead atoms. The zero-order valence-corrected chi connectivity index (χ0v) is 16.0. The monoisotopic (exact) mass is 374 g/mol. The highest BCUT2D eigenvalue weighted by molar-refractivity contribution is 5.88. The standard InChI is InChI=1S/C20H25NO6/c1-5-6-13-9-17(23)27-15-8-12(4)7-14(18(13)15)26-10-16(22)21-19(11(2)3)20(24)25/h7-9,11,19H,5-6,10H2,1-4H3,(H,21,22)(H,24,25)/p-1/t19-/m0/s1. The fourth-order valence-corrected chi connectivity index (χ4v) is 2.91. The zero-order valence-electron chi connectivity index (χ0n) is 16.0. The summed E-state index contributed by atoms with van der Waals surface area (Å²) in [5.41, 5.74) is 1.56. The average molecular weight is 374 g/mol. The van der Waals surface area contributed by atoms with Gasteiger partial charge in [0.25, 0.3) is 5.91 Å². The first kappa shape index (κ1) is 20.5. The first-order chi connectivity index (χ1) is 12.7. The van der Waals surface area contributed by atoms with Crippen molar-refractivity contribution in [3.63, 3.8) is 0 Å². The van der Waals surface area contributed by atoms with Gasteiger partial charge < -0.3 is 24.4 Å². The molecule has 7 heteroatoms. The highest BCUT2D eigenvalue weighted by Gasteiger charge is 2.18. The maximum absolute atomic E-state index is 12.1. The van der Waals surface area contributed by atoms with E-state index in [1.165, 1.54) is 6.07 Å². The summed E-state index contributed by atoms with van der Waals surface area (Å²) in [4.78, 5) is 35.0. The van der Waals surface area contributed by atoms with Crippen molar-refractivity contribution in [3.8, 4) is 5.75 Å². The molecule has 1 heterocycles. The summed E-state index contributed by atoms with van der Waals surface area (Å²) < 4.78 is 10.9. The van der Waals surface area contributed by atoms with Gasteiger partial charge in [-0.15, -0.1) is 0 Å². The second-order valence-electron chi connectivity index (χ2n) is 6.87. The van der Waals surface area contributed by atoms with Crippen molar-refractivity contribution in [2.75, 3.05) is 6.61 Å². The minimum absolute atomic E-state index is 0.316. The molecule has 0 aliphatic heterocycles. The van der Waals surface area contributed by atoms with Gasteiger partial charge in [-0.2, -0.15) is 0 Å². The number of carboxylic acid groups (broad SMARTS) is 1. The van der Waals surface area contributed by atoms with Crippen molar-refractivity contribution in [3.05, 3.63) is 39.7 Å². The van der Waals surface area contributed by atoms with E-state index in [1.54, 1.807) is 26.0 Å². The van der Waals surface area contributed by atoms with Crippen LogP contribution in [-0.4, -0.2) is 24.5 Å². The van der Waals surface area contributed by atoms with Gasteiger partial charge in [-0.1, -0.05) is 27.2 Å². The van der Waals surface area contributed by atoms with Crippen LogP contribution in [0.5, 0.6) is 5.75 Å². The summed E-state index contributed by atoms with van der Waals surface area (Å²) in [6, 6.07) is 3.84. The van der Waals surface area contributed by atoms with Crippen molar-refractivity contribution in [1.82, 2.24) is 5.32 Å². The van der Waals surface area contributed by atoms with Gasteiger partial charge in [0.1, 0.15) is 11.3 Å². The van der Waals surface area contributed by atoms with E-state index >= 15 is 0 Å². The number of amides is 1. The molecular formula is C20H24NO6-. The molecule has 0 saturated carbocycles. The van der Waals surface area contributed by atoms with Crippen LogP contribution < -0.4 is 20.8 Å². The van der Waals surface area contributed by atoms with Crippen LogP contribution in [0.15, 0.2) is 27.4 Å². The maximum Gasteiger partial charge on any atom is 0.336 e. The van der Waals surface area contributed by atoms with E-state index in [0.717, 1.165) is 17.5 Å². The third-order valence-electron chi connectivity index (χ3n) is 4.15. The molecule has 2 aromatic rings. The summed E-state index contributed by atoms with van der Waals surface area (Å²) in [7, 11) is 0. The number of aryl methyl sites for hydroxylation is 2. The van der Waals surface area contributed by atoms with Crippen LogP contribution in [0, 0.1) is 12.8 Å². The lowest BCUT2D eigenvalue weighted by Crippen LogP contribution is -2.51. The maximum atomic E-state index is 12.1. The lowest BCUT2D eigenvalue weighted by molar-refractivity contribution is -0.309. The second kappa shape index (κ2) is 8.70. The Morgan fingerprint density at radius 3 is 2.56 bits per heavy atom. The Balaban J connectivity index is 2.29. The van der Waals surface area contributed by atoms with Crippen LogP contribution in [0.25, 0.3) is 11.0 Å². The molecule has 1 amide bonds. The second-order valence-corrected chi connectivity index (χ2v) is 6.87.